The molecule has 72 valence electrons. The molecule has 0 atom stereocenters. The second kappa shape index (κ2) is 3.22. The minimum atomic E-state index is 0.836. The number of hydrogen-bond donors (Lipinski definition) is 2. The molecule has 0 aromatic heterocycles. The molecule has 1 aliphatic rings. The fraction of sp³-hybridized carbons (Fsp3) is 0.167. The molecule has 14 heavy (non-hydrogen) atoms. The van der Waals surface area contributed by atoms with Gasteiger partial charge in [-0.3, -0.25) is 0 Å². The van der Waals surface area contributed by atoms with E-state index >= 15 is 0 Å². The van der Waals surface area contributed by atoms with Gasteiger partial charge in [-0.05, 0) is 30.5 Å². The quantitative estimate of drug-likeness (QED) is 0.611. The van der Waals surface area contributed by atoms with Crippen molar-refractivity contribution in [3.63, 3.8) is 0 Å². The predicted molar refractivity (Wildman–Crippen MR) is 61.9 cm³/mol. The highest BCUT2D eigenvalue weighted by Gasteiger charge is 2.10. The van der Waals surface area contributed by atoms with Crippen LogP contribution < -0.4 is 11.5 Å². The summed E-state index contributed by atoms with van der Waals surface area (Å²) in [7, 11) is 0. The number of anilines is 2. The summed E-state index contributed by atoms with van der Waals surface area (Å²) in [5.41, 5.74) is 16.9. The molecule has 4 N–H and O–H groups in total. The van der Waals surface area contributed by atoms with Crippen LogP contribution in [0.2, 0.25) is 0 Å². The zero-order chi connectivity index (χ0) is 10.1. The zero-order valence-electron chi connectivity index (χ0n) is 8.25. The molecule has 0 bridgehead atoms. The molecule has 0 radical (unpaired) electrons. The minimum absolute atomic E-state index is 0.836. The van der Waals surface area contributed by atoms with Crippen molar-refractivity contribution in [1.82, 2.24) is 0 Å². The first-order chi connectivity index (χ1) is 6.70. The fourth-order valence-electron chi connectivity index (χ4n) is 1.76. The molecule has 0 aliphatic heterocycles. The molecule has 0 saturated carbocycles. The number of allylic oxidation sites excluding steroid dienone is 3. The predicted octanol–water partition coefficient (Wildman–Crippen LogP) is 2.28. The molecule has 1 aliphatic carbocycles. The van der Waals surface area contributed by atoms with Crippen molar-refractivity contribution in [3.05, 3.63) is 41.0 Å². The van der Waals surface area contributed by atoms with Crippen LogP contribution in [0.1, 0.15) is 16.7 Å². The summed E-state index contributed by atoms with van der Waals surface area (Å²) in [6.45, 7) is 1.98. The number of rotatable bonds is 0. The lowest BCUT2D eigenvalue weighted by molar-refractivity contribution is 1.26. The Morgan fingerprint density at radius 2 is 2.00 bits per heavy atom. The minimum Gasteiger partial charge on any atom is -0.398 e. The Balaban J connectivity index is 2.72. The van der Waals surface area contributed by atoms with Gasteiger partial charge < -0.3 is 11.5 Å². The molecular formula is C12H14N2. The van der Waals surface area contributed by atoms with Crippen LogP contribution in [0.5, 0.6) is 0 Å². The van der Waals surface area contributed by atoms with Gasteiger partial charge in [-0.1, -0.05) is 24.3 Å². The Morgan fingerprint density at radius 3 is 2.79 bits per heavy atom. The molecule has 1 aromatic rings. The van der Waals surface area contributed by atoms with Gasteiger partial charge in [0, 0.05) is 16.9 Å². The average molecular weight is 186 g/mol. The van der Waals surface area contributed by atoms with Gasteiger partial charge in [0.15, 0.2) is 0 Å². The van der Waals surface area contributed by atoms with Crippen LogP contribution in [0.4, 0.5) is 11.4 Å². The van der Waals surface area contributed by atoms with E-state index in [0.717, 1.165) is 34.5 Å². The third-order valence-corrected chi connectivity index (χ3v) is 2.59. The van der Waals surface area contributed by atoms with Crippen LogP contribution in [0.25, 0.3) is 6.08 Å². The maximum atomic E-state index is 6.01. The molecule has 1 aromatic carbocycles. The van der Waals surface area contributed by atoms with Crippen LogP contribution >= 0.6 is 0 Å². The molecule has 0 fully saturated rings. The van der Waals surface area contributed by atoms with Gasteiger partial charge in [0.2, 0.25) is 0 Å². The van der Waals surface area contributed by atoms with Gasteiger partial charge in [0.05, 0.1) is 0 Å². The van der Waals surface area contributed by atoms with Crippen molar-refractivity contribution in [1.29, 1.82) is 0 Å². The van der Waals surface area contributed by atoms with E-state index in [2.05, 4.69) is 6.08 Å². The van der Waals surface area contributed by atoms with Crippen molar-refractivity contribution in [2.75, 3.05) is 11.5 Å². The summed E-state index contributed by atoms with van der Waals surface area (Å²) in [6, 6.07) is 1.95. The lowest BCUT2D eigenvalue weighted by Gasteiger charge is -2.12. The first-order valence-electron chi connectivity index (χ1n) is 4.71. The summed E-state index contributed by atoms with van der Waals surface area (Å²) in [6.07, 6.45) is 9.00. The van der Waals surface area contributed by atoms with Gasteiger partial charge in [-0.25, -0.2) is 0 Å². The number of aryl methyl sites for hydroxylation is 1. The van der Waals surface area contributed by atoms with Crippen LogP contribution in [-0.4, -0.2) is 0 Å². The highest BCUT2D eigenvalue weighted by Crippen LogP contribution is 2.30. The third kappa shape index (κ3) is 1.29. The van der Waals surface area contributed by atoms with Crippen molar-refractivity contribution in [3.8, 4) is 0 Å². The maximum absolute atomic E-state index is 6.01. The van der Waals surface area contributed by atoms with E-state index in [1.54, 1.807) is 0 Å². The lowest BCUT2D eigenvalue weighted by Crippen LogP contribution is -2.02. The Morgan fingerprint density at radius 1 is 1.21 bits per heavy atom. The second-order valence-electron chi connectivity index (χ2n) is 3.58. The molecule has 0 spiro atoms. The van der Waals surface area contributed by atoms with E-state index in [1.165, 1.54) is 0 Å². The molecule has 0 saturated heterocycles. The number of fused-ring (bicyclic) bond motifs is 1. The highest BCUT2D eigenvalue weighted by atomic mass is 14.6. The normalized spacial score (nSPS) is 13.8. The maximum Gasteiger partial charge on any atom is 0.0421 e. The first kappa shape index (κ1) is 8.88. The summed E-state index contributed by atoms with van der Waals surface area (Å²) in [5.74, 6) is 0. The average Bonchev–Trinajstić information content (AvgIpc) is 2.39. The van der Waals surface area contributed by atoms with Crippen molar-refractivity contribution in [2.24, 2.45) is 0 Å². The lowest BCUT2D eigenvalue weighted by atomic mass is 9.98. The van der Waals surface area contributed by atoms with Crippen molar-refractivity contribution >= 4 is 17.5 Å². The molecule has 2 rings (SSSR count). The molecular weight excluding hydrogens is 172 g/mol. The van der Waals surface area contributed by atoms with E-state index < -0.39 is 0 Å². The largest absolute Gasteiger partial charge is 0.398 e. The number of nitrogens with two attached hydrogens (primary N) is 2. The van der Waals surface area contributed by atoms with Crippen LogP contribution in [-0.2, 0) is 6.42 Å². The Bertz CT molecular complexity index is 428. The Kier molecular flexibility index (Phi) is 2.04. The molecule has 2 nitrogen and oxygen atoms in total. The Hall–Kier alpha value is -1.70. The summed E-state index contributed by atoms with van der Waals surface area (Å²) >= 11 is 0. The summed E-state index contributed by atoms with van der Waals surface area (Å²) in [5, 5.41) is 0. The second-order valence-corrected chi connectivity index (χ2v) is 3.58. The smallest absolute Gasteiger partial charge is 0.0421 e. The van der Waals surface area contributed by atoms with Gasteiger partial charge >= 0.3 is 0 Å². The van der Waals surface area contributed by atoms with Gasteiger partial charge in [-0.2, -0.15) is 0 Å². The topological polar surface area (TPSA) is 52.0 Å². The van der Waals surface area contributed by atoms with E-state index in [9.17, 15) is 0 Å². The van der Waals surface area contributed by atoms with Gasteiger partial charge in [0.1, 0.15) is 0 Å². The molecule has 0 unspecified atom stereocenters. The van der Waals surface area contributed by atoms with E-state index in [0.29, 0.717) is 0 Å². The van der Waals surface area contributed by atoms with E-state index in [-0.39, 0.29) is 0 Å². The van der Waals surface area contributed by atoms with E-state index in [1.807, 2.05) is 31.2 Å². The van der Waals surface area contributed by atoms with Crippen LogP contribution in [0.3, 0.4) is 0 Å². The number of nitrogen functional groups attached to an aromatic ring is 2. The van der Waals surface area contributed by atoms with Crippen molar-refractivity contribution in [2.45, 2.75) is 13.3 Å². The van der Waals surface area contributed by atoms with E-state index in [4.69, 9.17) is 11.5 Å². The van der Waals surface area contributed by atoms with Crippen LogP contribution in [0, 0.1) is 6.92 Å². The van der Waals surface area contributed by atoms with Gasteiger partial charge in [-0.15, -0.1) is 0 Å². The zero-order valence-corrected chi connectivity index (χ0v) is 8.25. The monoisotopic (exact) mass is 186 g/mol. The molecule has 0 amide bonds. The highest BCUT2D eigenvalue weighted by molar-refractivity contribution is 5.77. The van der Waals surface area contributed by atoms with Gasteiger partial charge in [0.25, 0.3) is 0 Å². The summed E-state index contributed by atoms with van der Waals surface area (Å²) in [4.78, 5) is 0. The standard InChI is InChI=1S/C12H14N2/c1-8-7-11(13)9-5-3-2-4-6-10(9)12(8)14/h2-4,6-7H,5,13-14H2,1H3. The summed E-state index contributed by atoms with van der Waals surface area (Å²) < 4.78 is 0. The number of hydrogen-bond acceptors (Lipinski definition) is 2. The van der Waals surface area contributed by atoms with Crippen LogP contribution in [0.15, 0.2) is 24.3 Å². The van der Waals surface area contributed by atoms with Crippen molar-refractivity contribution < 1.29 is 0 Å². The molecule has 0 heterocycles. The third-order valence-electron chi connectivity index (χ3n) is 2.59. The SMILES string of the molecule is Cc1cc(N)c2c(c1N)C=CC=CC2. The Labute approximate surface area is 83.9 Å². The first-order valence-corrected chi connectivity index (χ1v) is 4.71. The number of benzene rings is 1. The fourth-order valence-corrected chi connectivity index (χ4v) is 1.76. The molecule has 2 heteroatoms.